The normalized spacial score (nSPS) is 10.4. The summed E-state index contributed by atoms with van der Waals surface area (Å²) in [6.45, 7) is 2.67. The topological polar surface area (TPSA) is 54.0 Å². The number of pyridine rings is 1. The van der Waals surface area contributed by atoms with Crippen LogP contribution in [0.4, 0.5) is 15.8 Å². The average molecular weight is 370 g/mol. The number of nitrogens with one attached hydrogen (secondary N) is 2. The van der Waals surface area contributed by atoms with E-state index < -0.39 is 5.82 Å². The molecule has 3 aromatic rings. The van der Waals surface area contributed by atoms with Gasteiger partial charge in [-0.3, -0.25) is 9.78 Å². The van der Waals surface area contributed by atoms with Gasteiger partial charge in [-0.05, 0) is 36.8 Å². The molecule has 0 atom stereocenters. The van der Waals surface area contributed by atoms with Gasteiger partial charge in [0.05, 0.1) is 16.3 Å². The van der Waals surface area contributed by atoms with Crippen LogP contribution in [-0.4, -0.2) is 10.9 Å². The predicted octanol–water partition coefficient (Wildman–Crippen LogP) is 5.05. The van der Waals surface area contributed by atoms with Gasteiger partial charge in [0.1, 0.15) is 5.82 Å². The van der Waals surface area contributed by atoms with E-state index in [1.165, 1.54) is 30.0 Å². The summed E-state index contributed by atoms with van der Waals surface area (Å²) in [7, 11) is 0. The number of benzene rings is 2. The standard InChI is InChI=1S/C20H17ClFN3O/c1-13-3-2-4-14(7-13)10-24-17-8-15(11-23-12-17)20(26)25-16-5-6-19(22)18(21)9-16/h2-9,11-12,24H,10H2,1H3,(H,25,26). The Morgan fingerprint density at radius 3 is 2.73 bits per heavy atom. The Kier molecular flexibility index (Phi) is 5.49. The number of hydrogen-bond donors (Lipinski definition) is 2. The third-order valence-corrected chi connectivity index (χ3v) is 4.05. The summed E-state index contributed by atoms with van der Waals surface area (Å²) in [6.07, 6.45) is 3.12. The van der Waals surface area contributed by atoms with E-state index in [9.17, 15) is 9.18 Å². The fraction of sp³-hybridized carbons (Fsp3) is 0.100. The van der Waals surface area contributed by atoms with Gasteiger partial charge in [-0.15, -0.1) is 0 Å². The van der Waals surface area contributed by atoms with E-state index in [0.717, 1.165) is 11.3 Å². The van der Waals surface area contributed by atoms with Gasteiger partial charge in [-0.2, -0.15) is 0 Å². The van der Waals surface area contributed by atoms with Crippen LogP contribution in [0.5, 0.6) is 0 Å². The summed E-state index contributed by atoms with van der Waals surface area (Å²) in [5.74, 6) is -0.881. The molecule has 1 heterocycles. The average Bonchev–Trinajstić information content (AvgIpc) is 2.63. The van der Waals surface area contributed by atoms with Crippen molar-refractivity contribution < 1.29 is 9.18 Å². The van der Waals surface area contributed by atoms with Gasteiger partial charge < -0.3 is 10.6 Å². The molecule has 1 aromatic heterocycles. The lowest BCUT2D eigenvalue weighted by Crippen LogP contribution is -2.13. The molecule has 2 N–H and O–H groups in total. The number of aryl methyl sites for hydroxylation is 1. The number of nitrogens with zero attached hydrogens (tertiary/aromatic N) is 1. The first kappa shape index (κ1) is 17.9. The lowest BCUT2D eigenvalue weighted by atomic mass is 10.1. The minimum atomic E-state index is -0.534. The molecular weight excluding hydrogens is 353 g/mol. The Hall–Kier alpha value is -2.92. The first-order chi connectivity index (χ1) is 12.5. The maximum Gasteiger partial charge on any atom is 0.257 e. The van der Waals surface area contributed by atoms with Crippen LogP contribution >= 0.6 is 11.6 Å². The Balaban J connectivity index is 1.67. The van der Waals surface area contributed by atoms with E-state index in [0.29, 0.717) is 17.8 Å². The third-order valence-electron chi connectivity index (χ3n) is 3.76. The van der Waals surface area contributed by atoms with Crippen molar-refractivity contribution in [2.45, 2.75) is 13.5 Å². The van der Waals surface area contributed by atoms with Crippen molar-refractivity contribution in [1.82, 2.24) is 4.98 Å². The Bertz CT molecular complexity index is 946. The molecular formula is C20H17ClFN3O. The van der Waals surface area contributed by atoms with Crippen molar-refractivity contribution in [1.29, 1.82) is 0 Å². The van der Waals surface area contributed by atoms with E-state index in [1.807, 2.05) is 25.1 Å². The van der Waals surface area contributed by atoms with Crippen molar-refractivity contribution in [3.8, 4) is 0 Å². The van der Waals surface area contributed by atoms with E-state index in [2.05, 4.69) is 21.7 Å². The van der Waals surface area contributed by atoms with Gasteiger partial charge in [0.15, 0.2) is 0 Å². The number of halogens is 2. The molecule has 0 aliphatic carbocycles. The highest BCUT2D eigenvalue weighted by atomic mass is 35.5. The van der Waals surface area contributed by atoms with Gasteiger partial charge in [0.25, 0.3) is 5.91 Å². The van der Waals surface area contributed by atoms with Gasteiger partial charge in [0, 0.05) is 24.6 Å². The summed E-state index contributed by atoms with van der Waals surface area (Å²) in [6, 6.07) is 13.9. The second-order valence-corrected chi connectivity index (χ2v) is 6.30. The van der Waals surface area contributed by atoms with Crippen LogP contribution in [0.1, 0.15) is 21.5 Å². The second-order valence-electron chi connectivity index (χ2n) is 5.89. The number of hydrogen-bond acceptors (Lipinski definition) is 3. The molecule has 0 unspecified atom stereocenters. The number of carbonyl (C=O) groups is 1. The zero-order chi connectivity index (χ0) is 18.5. The van der Waals surface area contributed by atoms with E-state index >= 15 is 0 Å². The van der Waals surface area contributed by atoms with Gasteiger partial charge in [0.2, 0.25) is 0 Å². The number of amides is 1. The van der Waals surface area contributed by atoms with Gasteiger partial charge in [-0.1, -0.05) is 41.4 Å². The summed E-state index contributed by atoms with van der Waals surface area (Å²) in [4.78, 5) is 16.5. The van der Waals surface area contributed by atoms with Gasteiger partial charge in [-0.25, -0.2) is 4.39 Å². The van der Waals surface area contributed by atoms with Crippen LogP contribution in [0.2, 0.25) is 5.02 Å². The van der Waals surface area contributed by atoms with Crippen molar-refractivity contribution >= 4 is 28.9 Å². The van der Waals surface area contributed by atoms with Crippen molar-refractivity contribution in [2.75, 3.05) is 10.6 Å². The molecule has 0 saturated carbocycles. The van der Waals surface area contributed by atoms with E-state index in [4.69, 9.17) is 11.6 Å². The number of aromatic nitrogens is 1. The second kappa shape index (κ2) is 7.97. The molecule has 3 rings (SSSR count). The van der Waals surface area contributed by atoms with E-state index in [-0.39, 0.29) is 10.9 Å². The lowest BCUT2D eigenvalue weighted by molar-refractivity contribution is 0.102. The molecule has 0 aliphatic heterocycles. The fourth-order valence-corrected chi connectivity index (χ4v) is 2.64. The van der Waals surface area contributed by atoms with Crippen molar-refractivity contribution in [3.05, 3.63) is 88.5 Å². The molecule has 0 bridgehead atoms. The molecule has 0 spiro atoms. The van der Waals surface area contributed by atoms with Crippen LogP contribution in [0, 0.1) is 12.7 Å². The molecule has 0 aliphatic rings. The van der Waals surface area contributed by atoms with Crippen LogP contribution in [0.25, 0.3) is 0 Å². The number of rotatable bonds is 5. The minimum absolute atomic E-state index is 0.0468. The highest BCUT2D eigenvalue weighted by molar-refractivity contribution is 6.31. The summed E-state index contributed by atoms with van der Waals surface area (Å²) < 4.78 is 13.2. The zero-order valence-electron chi connectivity index (χ0n) is 14.1. The summed E-state index contributed by atoms with van der Waals surface area (Å²) >= 11 is 5.73. The first-order valence-corrected chi connectivity index (χ1v) is 8.40. The number of anilines is 2. The van der Waals surface area contributed by atoms with Gasteiger partial charge >= 0.3 is 0 Å². The summed E-state index contributed by atoms with van der Waals surface area (Å²) in [5, 5.41) is 5.88. The zero-order valence-corrected chi connectivity index (χ0v) is 14.8. The molecule has 26 heavy (non-hydrogen) atoms. The monoisotopic (exact) mass is 369 g/mol. The Morgan fingerprint density at radius 1 is 1.12 bits per heavy atom. The lowest BCUT2D eigenvalue weighted by Gasteiger charge is -2.09. The molecule has 0 saturated heterocycles. The smallest absolute Gasteiger partial charge is 0.257 e. The maximum atomic E-state index is 13.2. The molecule has 1 amide bonds. The van der Waals surface area contributed by atoms with Crippen LogP contribution < -0.4 is 10.6 Å². The third kappa shape index (κ3) is 4.58. The number of carbonyl (C=O) groups excluding carboxylic acids is 1. The maximum absolute atomic E-state index is 13.2. The first-order valence-electron chi connectivity index (χ1n) is 8.02. The quantitative estimate of drug-likeness (QED) is 0.662. The molecule has 0 radical (unpaired) electrons. The van der Waals surface area contributed by atoms with Crippen LogP contribution in [0.15, 0.2) is 60.9 Å². The Morgan fingerprint density at radius 2 is 1.96 bits per heavy atom. The summed E-state index contributed by atoms with van der Waals surface area (Å²) in [5.41, 5.74) is 3.87. The van der Waals surface area contributed by atoms with Crippen molar-refractivity contribution in [2.24, 2.45) is 0 Å². The minimum Gasteiger partial charge on any atom is -0.380 e. The highest BCUT2D eigenvalue weighted by Gasteiger charge is 2.09. The van der Waals surface area contributed by atoms with Crippen molar-refractivity contribution in [3.63, 3.8) is 0 Å². The van der Waals surface area contributed by atoms with E-state index in [1.54, 1.807) is 12.3 Å². The largest absolute Gasteiger partial charge is 0.380 e. The molecule has 4 nitrogen and oxygen atoms in total. The van der Waals surface area contributed by atoms with Crippen LogP contribution in [0.3, 0.4) is 0 Å². The molecule has 2 aromatic carbocycles. The molecule has 0 fully saturated rings. The molecule has 6 heteroatoms. The highest BCUT2D eigenvalue weighted by Crippen LogP contribution is 2.20. The predicted molar refractivity (Wildman–Crippen MR) is 102 cm³/mol. The SMILES string of the molecule is Cc1cccc(CNc2cncc(C(=O)Nc3ccc(F)c(Cl)c3)c2)c1. The van der Waals surface area contributed by atoms with Crippen LogP contribution in [-0.2, 0) is 6.54 Å². The fourth-order valence-electron chi connectivity index (χ4n) is 2.46. The molecule has 132 valence electrons. The Labute approximate surface area is 156 Å².